The molecule has 6 heteroatoms. The van der Waals surface area contributed by atoms with Gasteiger partial charge in [-0.2, -0.15) is 8.78 Å². The van der Waals surface area contributed by atoms with Crippen LogP contribution >= 0.6 is 9.24 Å². The van der Waals surface area contributed by atoms with E-state index in [2.05, 4.69) is 54.3 Å². The molecule has 0 aromatic heterocycles. The van der Waals surface area contributed by atoms with E-state index in [1.165, 1.54) is 17.2 Å². The maximum Gasteiger partial charge on any atom is 0.284 e. The van der Waals surface area contributed by atoms with E-state index in [0.717, 1.165) is 42.8 Å². The standard InChI is InChI=1S/C34H43F2N2OP/c1-5-12-27(13-6-2)31(28-14-8-7-9-15-28)24-38(20-11-21-39-33-22-30(37)19-18-25(33)3)23-29-16-10-17-32(26(29)4)34(35,36)40/h5,7-10,12-19,22,31H,6,11,20-21,23-24,37,40H2,1-4H3/b12-5-,27-13+. The van der Waals surface area contributed by atoms with Gasteiger partial charge in [-0.1, -0.05) is 89.0 Å². The number of nitrogens with zero attached hydrogens (tertiary/aromatic N) is 1. The fourth-order valence-corrected chi connectivity index (χ4v) is 5.35. The minimum absolute atomic E-state index is 0.0514. The second kappa shape index (κ2) is 15.1. The van der Waals surface area contributed by atoms with E-state index in [0.29, 0.717) is 24.4 Å². The minimum atomic E-state index is -2.97. The van der Waals surface area contributed by atoms with Crippen LogP contribution in [-0.4, -0.2) is 24.6 Å². The summed E-state index contributed by atoms with van der Waals surface area (Å²) >= 11 is 0. The summed E-state index contributed by atoms with van der Waals surface area (Å²) in [5.74, 6) is 0.933. The highest BCUT2D eigenvalue weighted by Crippen LogP contribution is 2.38. The quantitative estimate of drug-likeness (QED) is 0.0921. The molecule has 0 aliphatic carbocycles. The van der Waals surface area contributed by atoms with Crippen LogP contribution in [-0.2, 0) is 12.2 Å². The predicted octanol–water partition coefficient (Wildman–Crippen LogP) is 8.78. The molecule has 2 atom stereocenters. The van der Waals surface area contributed by atoms with Crippen molar-refractivity contribution in [1.29, 1.82) is 0 Å². The van der Waals surface area contributed by atoms with Gasteiger partial charge in [-0.05, 0) is 67.5 Å². The van der Waals surface area contributed by atoms with E-state index >= 15 is 0 Å². The third kappa shape index (κ3) is 9.01. The van der Waals surface area contributed by atoms with Crippen LogP contribution in [0.4, 0.5) is 14.5 Å². The van der Waals surface area contributed by atoms with E-state index in [-0.39, 0.29) is 11.5 Å². The maximum atomic E-state index is 14.3. The van der Waals surface area contributed by atoms with Gasteiger partial charge in [0.1, 0.15) is 5.75 Å². The van der Waals surface area contributed by atoms with Gasteiger partial charge < -0.3 is 10.5 Å². The van der Waals surface area contributed by atoms with Crippen molar-refractivity contribution in [2.24, 2.45) is 0 Å². The number of hydrogen-bond acceptors (Lipinski definition) is 3. The number of allylic oxidation sites excluding steroid dienone is 3. The van der Waals surface area contributed by atoms with Gasteiger partial charge in [0.2, 0.25) is 0 Å². The molecule has 214 valence electrons. The molecular weight excluding hydrogens is 521 g/mol. The smallest absolute Gasteiger partial charge is 0.284 e. The SMILES string of the molecule is C/C=C\C(=C/CC)C(CN(CCCOc1cc(N)ccc1C)Cc1cccc(C(F)(F)P)c1C)c1ccccc1. The normalized spacial score (nSPS) is 13.2. The van der Waals surface area contributed by atoms with Crippen molar-refractivity contribution in [2.75, 3.05) is 25.4 Å². The molecule has 0 saturated carbocycles. The van der Waals surface area contributed by atoms with E-state index in [1.807, 2.05) is 44.2 Å². The van der Waals surface area contributed by atoms with Crippen LogP contribution in [0.3, 0.4) is 0 Å². The summed E-state index contributed by atoms with van der Waals surface area (Å²) in [7, 11) is 1.68. The molecule has 0 radical (unpaired) electrons. The predicted molar refractivity (Wildman–Crippen MR) is 168 cm³/mol. The molecule has 3 aromatic carbocycles. The van der Waals surface area contributed by atoms with E-state index in [4.69, 9.17) is 10.5 Å². The van der Waals surface area contributed by atoms with Crippen LogP contribution in [0.15, 0.2) is 90.5 Å². The van der Waals surface area contributed by atoms with E-state index in [9.17, 15) is 8.78 Å². The van der Waals surface area contributed by atoms with Gasteiger partial charge in [-0.25, -0.2) is 0 Å². The van der Waals surface area contributed by atoms with Crippen LogP contribution in [0.2, 0.25) is 0 Å². The number of hydrogen-bond donors (Lipinski definition) is 1. The number of halogens is 2. The average Bonchev–Trinajstić information content (AvgIpc) is 2.92. The number of nitrogen functional groups attached to an aromatic ring is 1. The Labute approximate surface area is 241 Å². The molecule has 0 amide bonds. The summed E-state index contributed by atoms with van der Waals surface area (Å²) in [6.07, 6.45) is 8.26. The molecule has 0 fully saturated rings. The van der Waals surface area contributed by atoms with Crippen LogP contribution in [0.25, 0.3) is 0 Å². The molecule has 2 N–H and O–H groups in total. The largest absolute Gasteiger partial charge is 0.493 e. The molecule has 2 unspecified atom stereocenters. The van der Waals surface area contributed by atoms with Crippen LogP contribution in [0, 0.1) is 13.8 Å². The Morgan fingerprint density at radius 3 is 2.50 bits per heavy atom. The zero-order chi connectivity index (χ0) is 29.1. The van der Waals surface area contributed by atoms with Gasteiger partial charge in [-0.15, -0.1) is 0 Å². The lowest BCUT2D eigenvalue weighted by Crippen LogP contribution is -2.31. The molecule has 3 nitrogen and oxygen atoms in total. The fourth-order valence-electron chi connectivity index (χ4n) is 5.04. The summed E-state index contributed by atoms with van der Waals surface area (Å²) in [6, 6.07) is 21.4. The molecule has 0 bridgehead atoms. The fraction of sp³-hybridized carbons (Fsp3) is 0.353. The molecule has 0 aliphatic rings. The molecule has 0 heterocycles. The zero-order valence-electron chi connectivity index (χ0n) is 24.2. The number of aryl methyl sites for hydroxylation is 1. The van der Waals surface area contributed by atoms with Gasteiger partial charge in [0, 0.05) is 42.9 Å². The zero-order valence-corrected chi connectivity index (χ0v) is 25.3. The number of rotatable bonds is 14. The first-order valence-corrected chi connectivity index (χ1v) is 14.6. The summed E-state index contributed by atoms with van der Waals surface area (Å²) in [6.45, 7) is 10.6. The van der Waals surface area contributed by atoms with Gasteiger partial charge in [0.15, 0.2) is 0 Å². The molecule has 3 rings (SSSR count). The van der Waals surface area contributed by atoms with Crippen LogP contribution < -0.4 is 10.5 Å². The lowest BCUT2D eigenvalue weighted by Gasteiger charge is -2.30. The second-order valence-corrected chi connectivity index (χ2v) is 11.0. The third-order valence-corrected chi connectivity index (χ3v) is 7.44. The van der Waals surface area contributed by atoms with Crippen molar-refractivity contribution in [3.63, 3.8) is 0 Å². The minimum Gasteiger partial charge on any atom is -0.493 e. The number of nitrogens with two attached hydrogens (primary N) is 1. The topological polar surface area (TPSA) is 38.5 Å². The van der Waals surface area contributed by atoms with Gasteiger partial charge >= 0.3 is 0 Å². The number of alkyl halides is 2. The second-order valence-electron chi connectivity index (χ2n) is 10.3. The number of ether oxygens (including phenoxy) is 1. The Bertz CT molecular complexity index is 1280. The highest BCUT2D eigenvalue weighted by Gasteiger charge is 2.28. The van der Waals surface area contributed by atoms with Gasteiger partial charge in [0.05, 0.1) is 6.61 Å². The summed E-state index contributed by atoms with van der Waals surface area (Å²) in [5, 5.41) is 0. The van der Waals surface area contributed by atoms with Crippen LogP contribution in [0.1, 0.15) is 60.4 Å². The lowest BCUT2D eigenvalue weighted by molar-refractivity contribution is 0.103. The first-order valence-electron chi connectivity index (χ1n) is 14.0. The van der Waals surface area contributed by atoms with E-state index < -0.39 is 5.66 Å². The Morgan fingerprint density at radius 2 is 1.82 bits per heavy atom. The summed E-state index contributed by atoms with van der Waals surface area (Å²) < 4.78 is 34.7. The van der Waals surface area contributed by atoms with Gasteiger partial charge in [0.25, 0.3) is 5.66 Å². The summed E-state index contributed by atoms with van der Waals surface area (Å²) in [4.78, 5) is 2.37. The monoisotopic (exact) mass is 564 g/mol. The number of benzene rings is 3. The van der Waals surface area contributed by atoms with Crippen molar-refractivity contribution in [3.05, 3.63) is 118 Å². The molecule has 40 heavy (non-hydrogen) atoms. The van der Waals surface area contributed by atoms with Crippen molar-refractivity contribution in [3.8, 4) is 5.75 Å². The van der Waals surface area contributed by atoms with Crippen LogP contribution in [0.5, 0.6) is 5.75 Å². The first kappa shape index (κ1) is 31.5. The van der Waals surface area contributed by atoms with Gasteiger partial charge in [-0.3, -0.25) is 4.90 Å². The van der Waals surface area contributed by atoms with Crippen molar-refractivity contribution >= 4 is 14.9 Å². The molecule has 0 saturated heterocycles. The van der Waals surface area contributed by atoms with Crippen molar-refractivity contribution in [2.45, 2.75) is 58.7 Å². The lowest BCUT2D eigenvalue weighted by atomic mass is 9.89. The number of anilines is 1. The summed E-state index contributed by atoms with van der Waals surface area (Å²) in [5.41, 5.74) is 8.79. The Hall–Kier alpha value is -3.01. The molecule has 0 aliphatic heterocycles. The van der Waals surface area contributed by atoms with Crippen molar-refractivity contribution < 1.29 is 13.5 Å². The third-order valence-electron chi connectivity index (χ3n) is 7.13. The van der Waals surface area contributed by atoms with Crippen molar-refractivity contribution in [1.82, 2.24) is 4.90 Å². The first-order chi connectivity index (χ1) is 19.1. The Balaban J connectivity index is 1.89. The highest BCUT2D eigenvalue weighted by atomic mass is 31.0. The average molecular weight is 565 g/mol. The Morgan fingerprint density at radius 1 is 1.07 bits per heavy atom. The molecule has 0 spiro atoms. The highest BCUT2D eigenvalue weighted by molar-refractivity contribution is 7.17. The maximum absolute atomic E-state index is 14.3. The van der Waals surface area contributed by atoms with E-state index in [1.54, 1.807) is 22.2 Å². The molecule has 3 aromatic rings. The molecular formula is C34H43F2N2OP. The Kier molecular flexibility index (Phi) is 11.9.